The lowest BCUT2D eigenvalue weighted by Gasteiger charge is -2.59. The van der Waals surface area contributed by atoms with Crippen molar-refractivity contribution in [1.29, 1.82) is 0 Å². The third-order valence-electron chi connectivity index (χ3n) is 8.66. The number of fused-ring (bicyclic) bond motifs is 1. The van der Waals surface area contributed by atoms with Gasteiger partial charge in [0.25, 0.3) is 5.91 Å². The molecule has 2 amide bonds. The average Bonchev–Trinajstić information content (AvgIpc) is 2.81. The number of rotatable bonds is 5. The van der Waals surface area contributed by atoms with Gasteiger partial charge in [-0.15, -0.1) is 0 Å². The number of halogens is 1. The highest BCUT2D eigenvalue weighted by molar-refractivity contribution is 8.04. The molecule has 4 saturated carbocycles. The van der Waals surface area contributed by atoms with Crippen LogP contribution in [0.3, 0.4) is 0 Å². The first-order valence-electron chi connectivity index (χ1n) is 12.7. The summed E-state index contributed by atoms with van der Waals surface area (Å²) >= 11 is 7.60. The summed E-state index contributed by atoms with van der Waals surface area (Å²) in [7, 11) is 0. The van der Waals surface area contributed by atoms with Crippen LogP contribution in [-0.2, 0) is 9.59 Å². The van der Waals surface area contributed by atoms with E-state index in [0.29, 0.717) is 9.93 Å². The summed E-state index contributed by atoms with van der Waals surface area (Å²) in [4.78, 5) is 30.1. The molecule has 0 radical (unpaired) electrons. The van der Waals surface area contributed by atoms with E-state index in [1.54, 1.807) is 4.90 Å². The van der Waals surface area contributed by atoms with E-state index in [-0.39, 0.29) is 29.8 Å². The van der Waals surface area contributed by atoms with E-state index in [1.807, 2.05) is 54.6 Å². The van der Waals surface area contributed by atoms with Crippen LogP contribution in [0.25, 0.3) is 6.08 Å². The molecule has 4 bridgehead atoms. The summed E-state index contributed by atoms with van der Waals surface area (Å²) in [5, 5.41) is 3.96. The predicted molar refractivity (Wildman–Crippen MR) is 142 cm³/mol. The van der Waals surface area contributed by atoms with Crippen LogP contribution in [0.2, 0.25) is 5.02 Å². The second kappa shape index (κ2) is 9.01. The lowest BCUT2D eigenvalue weighted by Crippen LogP contribution is -2.57. The second-order valence-electron chi connectivity index (χ2n) is 11.1. The monoisotopic (exact) mass is 506 g/mol. The normalized spacial score (nSPS) is 30.9. The maximum atomic E-state index is 13.5. The van der Waals surface area contributed by atoms with Crippen molar-refractivity contribution in [3.63, 3.8) is 0 Å². The molecule has 7 rings (SSSR count). The average molecular weight is 507 g/mol. The Morgan fingerprint density at radius 1 is 1.11 bits per heavy atom. The summed E-state index contributed by atoms with van der Waals surface area (Å²) in [5.41, 5.74) is 1.90. The van der Waals surface area contributed by atoms with Gasteiger partial charge >= 0.3 is 0 Å². The molecule has 5 aliphatic rings. The number of nitrogens with zero attached hydrogens (tertiary/aromatic N) is 1. The highest BCUT2D eigenvalue weighted by Crippen LogP contribution is 2.61. The minimum absolute atomic E-state index is 0.0278. The van der Waals surface area contributed by atoms with Crippen LogP contribution in [-0.4, -0.2) is 24.4 Å². The van der Waals surface area contributed by atoms with Crippen LogP contribution >= 0.6 is 23.4 Å². The van der Waals surface area contributed by atoms with Crippen molar-refractivity contribution in [3.8, 4) is 0 Å². The van der Waals surface area contributed by atoms with E-state index in [1.165, 1.54) is 50.3 Å². The molecular formula is C29H31ClN2O2S. The van der Waals surface area contributed by atoms with Gasteiger partial charge in [-0.2, -0.15) is 0 Å². The van der Waals surface area contributed by atoms with Gasteiger partial charge < -0.3 is 5.32 Å². The Morgan fingerprint density at radius 2 is 1.80 bits per heavy atom. The number of carbonyl (C=O) groups excluding carboxylic acids is 2. The van der Waals surface area contributed by atoms with Crippen molar-refractivity contribution in [2.75, 3.05) is 11.4 Å². The Kier molecular flexibility index (Phi) is 5.96. The number of nitrogens with one attached hydrogen (secondary N) is 1. The lowest BCUT2D eigenvalue weighted by atomic mass is 9.48. The van der Waals surface area contributed by atoms with E-state index < -0.39 is 0 Å². The fourth-order valence-corrected chi connectivity index (χ4v) is 8.72. The zero-order chi connectivity index (χ0) is 24.2. The first-order valence-corrected chi connectivity index (χ1v) is 13.9. The fraction of sp³-hybridized carbons (Fsp3) is 0.448. The van der Waals surface area contributed by atoms with E-state index in [0.717, 1.165) is 33.9 Å². The van der Waals surface area contributed by atoms with Crippen LogP contribution < -0.4 is 10.2 Å². The zero-order valence-corrected chi connectivity index (χ0v) is 21.6. The molecule has 1 N–H and O–H groups in total. The van der Waals surface area contributed by atoms with Gasteiger partial charge in [-0.3, -0.25) is 14.5 Å². The van der Waals surface area contributed by atoms with Gasteiger partial charge in [0.15, 0.2) is 0 Å². The molecule has 4 fully saturated rings. The molecular weight excluding hydrogens is 476 g/mol. The molecule has 2 aromatic rings. The number of thioether (sulfide) groups is 1. The van der Waals surface area contributed by atoms with E-state index in [4.69, 9.17) is 11.6 Å². The number of para-hydroxylation sites is 1. The minimum Gasteiger partial charge on any atom is -0.352 e. The van der Waals surface area contributed by atoms with Crippen molar-refractivity contribution in [1.82, 2.24) is 5.32 Å². The van der Waals surface area contributed by atoms with Gasteiger partial charge in [-0.05, 0) is 105 Å². The molecule has 0 unspecified atom stereocenters. The van der Waals surface area contributed by atoms with E-state index >= 15 is 0 Å². The van der Waals surface area contributed by atoms with Crippen molar-refractivity contribution in [2.45, 2.75) is 56.4 Å². The number of anilines is 1. The molecule has 35 heavy (non-hydrogen) atoms. The van der Waals surface area contributed by atoms with Gasteiger partial charge in [-0.1, -0.05) is 47.6 Å². The third-order valence-corrected chi connectivity index (χ3v) is 9.97. The molecule has 182 valence electrons. The van der Waals surface area contributed by atoms with Gasteiger partial charge in [0, 0.05) is 16.0 Å². The number of carbonyl (C=O) groups is 2. The Morgan fingerprint density at radius 3 is 2.49 bits per heavy atom. The smallest absolute Gasteiger partial charge is 0.265 e. The van der Waals surface area contributed by atoms with Gasteiger partial charge in [0.1, 0.15) is 6.54 Å². The molecule has 2 aromatic carbocycles. The Balaban J connectivity index is 1.21. The topological polar surface area (TPSA) is 49.4 Å². The minimum atomic E-state index is -0.147. The van der Waals surface area contributed by atoms with Crippen molar-refractivity contribution < 1.29 is 9.59 Å². The molecule has 4 aliphatic carbocycles. The van der Waals surface area contributed by atoms with E-state index in [9.17, 15) is 9.59 Å². The molecule has 1 aliphatic heterocycles. The van der Waals surface area contributed by atoms with Gasteiger partial charge in [-0.25, -0.2) is 0 Å². The highest BCUT2D eigenvalue weighted by Gasteiger charge is 2.53. The first-order chi connectivity index (χ1) is 16.9. The summed E-state index contributed by atoms with van der Waals surface area (Å²) in [6.07, 6.45) is 9.76. The maximum absolute atomic E-state index is 13.5. The molecule has 0 spiro atoms. The third kappa shape index (κ3) is 4.42. The van der Waals surface area contributed by atoms with Crippen LogP contribution in [0.15, 0.2) is 58.3 Å². The zero-order valence-electron chi connectivity index (χ0n) is 20.0. The lowest BCUT2D eigenvalue weighted by molar-refractivity contribution is -0.126. The predicted octanol–water partition coefficient (Wildman–Crippen LogP) is 6.54. The van der Waals surface area contributed by atoms with Gasteiger partial charge in [0.05, 0.1) is 10.6 Å². The molecule has 6 heteroatoms. The summed E-state index contributed by atoms with van der Waals surface area (Å²) in [6, 6.07) is 15.4. The highest BCUT2D eigenvalue weighted by atomic mass is 35.5. The standard InChI is InChI=1S/C29H31ClN2O2S/c1-18(29-14-20-9-21(15-29)11-22(10-20)16-29)31-27(33)17-32-24-7-2-3-8-25(24)35-26(28(32)34)13-19-5-4-6-23(30)12-19/h2-8,12-13,18,20-22H,9-11,14-17H2,1H3,(H,31,33)/b26-13-/t18-,20?,21?,22?,29?/m0/s1. The first kappa shape index (κ1) is 23.2. The molecule has 4 nitrogen and oxygen atoms in total. The number of amides is 2. The van der Waals surface area contributed by atoms with Crippen molar-refractivity contribution in [3.05, 3.63) is 64.0 Å². The van der Waals surface area contributed by atoms with Crippen molar-refractivity contribution >= 4 is 46.9 Å². The summed E-state index contributed by atoms with van der Waals surface area (Å²) < 4.78 is 0. The van der Waals surface area contributed by atoms with Crippen LogP contribution in [0.4, 0.5) is 5.69 Å². The summed E-state index contributed by atoms with van der Waals surface area (Å²) in [6.45, 7) is 2.22. The Hall–Kier alpha value is -2.24. The quantitative estimate of drug-likeness (QED) is 0.468. The van der Waals surface area contributed by atoms with Gasteiger partial charge in [0.2, 0.25) is 5.91 Å². The number of hydrogen-bond donors (Lipinski definition) is 1. The molecule has 1 heterocycles. The number of benzene rings is 2. The SMILES string of the molecule is C[C@H](NC(=O)CN1C(=O)/C(=C/c2cccc(Cl)c2)Sc2ccccc21)C12CC3CC(CC(C3)C1)C2. The van der Waals surface area contributed by atoms with Crippen molar-refractivity contribution in [2.24, 2.45) is 23.2 Å². The van der Waals surface area contributed by atoms with E-state index in [2.05, 4.69) is 12.2 Å². The molecule has 1 atom stereocenters. The number of hydrogen-bond acceptors (Lipinski definition) is 3. The largest absolute Gasteiger partial charge is 0.352 e. The molecule has 0 saturated heterocycles. The second-order valence-corrected chi connectivity index (χ2v) is 12.6. The maximum Gasteiger partial charge on any atom is 0.265 e. The molecule has 0 aromatic heterocycles. The Bertz CT molecular complexity index is 1170. The van der Waals surface area contributed by atoms with Crippen LogP contribution in [0.5, 0.6) is 0 Å². The summed E-state index contributed by atoms with van der Waals surface area (Å²) in [5.74, 6) is 2.30. The van der Waals surface area contributed by atoms with Crippen LogP contribution in [0, 0.1) is 23.2 Å². The van der Waals surface area contributed by atoms with Crippen LogP contribution in [0.1, 0.15) is 51.0 Å². The fourth-order valence-electron chi connectivity index (χ4n) is 7.46. The Labute approximate surface area is 216 Å².